The molecule has 2 rings (SSSR count). The summed E-state index contributed by atoms with van der Waals surface area (Å²) in [6.45, 7) is 0.800. The largest absolute Gasteiger partial charge is 0.384 e. The summed E-state index contributed by atoms with van der Waals surface area (Å²) < 4.78 is 0. The Morgan fingerprint density at radius 2 is 1.55 bits per heavy atom. The van der Waals surface area contributed by atoms with Crippen LogP contribution in [0.25, 0.3) is 5.57 Å². The predicted octanol–water partition coefficient (Wildman–Crippen LogP) is 3.37. The first-order valence-corrected chi connectivity index (χ1v) is 6.81. The zero-order chi connectivity index (χ0) is 14.4. The third kappa shape index (κ3) is 3.80. The molecule has 2 nitrogen and oxygen atoms in total. The van der Waals surface area contributed by atoms with Crippen LogP contribution in [0.2, 0.25) is 0 Å². The second kappa shape index (κ2) is 7.04. The molecule has 1 atom stereocenters. The maximum absolute atomic E-state index is 10.7. The molecule has 2 heteroatoms. The standard InChI is InChI=1S/C18H21NO/c1-19(2)14-13-17(15-9-5-3-6-10-15)18(20)16-11-7-4-8-12-16/h3-13,18,20H,14H2,1-2H3/b17-13-. The van der Waals surface area contributed by atoms with Gasteiger partial charge in [0.1, 0.15) is 6.10 Å². The van der Waals surface area contributed by atoms with Crippen LogP contribution in [0.1, 0.15) is 17.2 Å². The minimum atomic E-state index is -0.599. The lowest BCUT2D eigenvalue weighted by Gasteiger charge is -2.17. The lowest BCUT2D eigenvalue weighted by molar-refractivity contribution is 0.237. The van der Waals surface area contributed by atoms with E-state index in [4.69, 9.17) is 0 Å². The summed E-state index contributed by atoms with van der Waals surface area (Å²) in [6, 6.07) is 19.8. The van der Waals surface area contributed by atoms with E-state index in [-0.39, 0.29) is 0 Å². The van der Waals surface area contributed by atoms with Gasteiger partial charge in [-0.2, -0.15) is 0 Å². The molecule has 1 N–H and O–H groups in total. The lowest BCUT2D eigenvalue weighted by Crippen LogP contribution is -2.12. The van der Waals surface area contributed by atoms with Crippen LogP contribution in [0.3, 0.4) is 0 Å². The number of aliphatic hydroxyl groups is 1. The van der Waals surface area contributed by atoms with Gasteiger partial charge in [0.25, 0.3) is 0 Å². The molecule has 0 saturated carbocycles. The van der Waals surface area contributed by atoms with Crippen molar-refractivity contribution in [2.75, 3.05) is 20.6 Å². The molecule has 2 aromatic carbocycles. The third-order valence-electron chi connectivity index (χ3n) is 3.19. The molecule has 0 saturated heterocycles. The second-order valence-corrected chi connectivity index (χ2v) is 5.10. The first kappa shape index (κ1) is 14.5. The number of likely N-dealkylation sites (N-methyl/N-ethyl adjacent to an activating group) is 1. The number of hydrogen-bond donors (Lipinski definition) is 1. The molecule has 0 aliphatic heterocycles. The van der Waals surface area contributed by atoms with E-state index in [0.717, 1.165) is 23.2 Å². The zero-order valence-electron chi connectivity index (χ0n) is 12.0. The van der Waals surface area contributed by atoms with Gasteiger partial charge in [0.05, 0.1) is 0 Å². The van der Waals surface area contributed by atoms with E-state index in [1.807, 2.05) is 74.8 Å². The van der Waals surface area contributed by atoms with E-state index in [0.29, 0.717) is 0 Å². The van der Waals surface area contributed by atoms with Crippen molar-refractivity contribution >= 4 is 5.57 Å². The highest BCUT2D eigenvalue weighted by molar-refractivity contribution is 5.70. The Morgan fingerprint density at radius 3 is 2.10 bits per heavy atom. The number of benzene rings is 2. The summed E-state index contributed by atoms with van der Waals surface area (Å²) in [5, 5.41) is 10.7. The third-order valence-corrected chi connectivity index (χ3v) is 3.19. The van der Waals surface area contributed by atoms with Crippen LogP contribution in [-0.2, 0) is 0 Å². The second-order valence-electron chi connectivity index (χ2n) is 5.10. The molecule has 0 bridgehead atoms. The summed E-state index contributed by atoms with van der Waals surface area (Å²) in [6.07, 6.45) is 1.49. The Kier molecular flexibility index (Phi) is 5.10. The summed E-state index contributed by atoms with van der Waals surface area (Å²) in [5.74, 6) is 0. The average molecular weight is 267 g/mol. The summed E-state index contributed by atoms with van der Waals surface area (Å²) in [7, 11) is 4.04. The molecule has 0 fully saturated rings. The first-order chi connectivity index (χ1) is 9.68. The van der Waals surface area contributed by atoms with Crippen molar-refractivity contribution < 1.29 is 5.11 Å². The van der Waals surface area contributed by atoms with Crippen LogP contribution < -0.4 is 0 Å². The normalized spacial score (nSPS) is 13.5. The Bertz CT molecular complexity index is 546. The van der Waals surface area contributed by atoms with Gasteiger partial charge >= 0.3 is 0 Å². The van der Waals surface area contributed by atoms with Crippen LogP contribution in [0.5, 0.6) is 0 Å². The first-order valence-electron chi connectivity index (χ1n) is 6.81. The lowest BCUT2D eigenvalue weighted by atomic mass is 9.95. The fourth-order valence-electron chi connectivity index (χ4n) is 2.11. The van der Waals surface area contributed by atoms with Crippen LogP contribution in [0, 0.1) is 0 Å². The molecule has 2 aromatic rings. The zero-order valence-corrected chi connectivity index (χ0v) is 12.0. The molecule has 0 heterocycles. The van der Waals surface area contributed by atoms with E-state index in [9.17, 15) is 5.11 Å². The van der Waals surface area contributed by atoms with Gasteiger partial charge in [-0.3, -0.25) is 0 Å². The van der Waals surface area contributed by atoms with Crippen molar-refractivity contribution in [2.24, 2.45) is 0 Å². The van der Waals surface area contributed by atoms with Gasteiger partial charge in [0.15, 0.2) is 0 Å². The average Bonchev–Trinajstić information content (AvgIpc) is 2.49. The van der Waals surface area contributed by atoms with Crippen molar-refractivity contribution in [3.05, 3.63) is 77.9 Å². The van der Waals surface area contributed by atoms with Gasteiger partial charge in [-0.25, -0.2) is 0 Å². The predicted molar refractivity (Wildman–Crippen MR) is 84.4 cm³/mol. The molecule has 0 aromatic heterocycles. The van der Waals surface area contributed by atoms with E-state index in [1.54, 1.807) is 0 Å². The molecule has 0 aliphatic rings. The van der Waals surface area contributed by atoms with Crippen LogP contribution in [-0.4, -0.2) is 30.6 Å². The number of aliphatic hydroxyl groups excluding tert-OH is 1. The Labute approximate surface area is 121 Å². The molecular weight excluding hydrogens is 246 g/mol. The van der Waals surface area contributed by atoms with Crippen molar-refractivity contribution in [3.63, 3.8) is 0 Å². The molecule has 0 amide bonds. The number of hydrogen-bond acceptors (Lipinski definition) is 2. The van der Waals surface area contributed by atoms with Crippen molar-refractivity contribution in [1.82, 2.24) is 4.90 Å². The van der Waals surface area contributed by atoms with Gasteiger partial charge in [0, 0.05) is 6.54 Å². The molecule has 0 spiro atoms. The minimum Gasteiger partial charge on any atom is -0.384 e. The van der Waals surface area contributed by atoms with Gasteiger partial charge in [0.2, 0.25) is 0 Å². The quantitative estimate of drug-likeness (QED) is 0.898. The van der Waals surface area contributed by atoms with E-state index in [1.165, 1.54) is 0 Å². The number of nitrogens with zero attached hydrogens (tertiary/aromatic N) is 1. The van der Waals surface area contributed by atoms with Gasteiger partial charge in [-0.05, 0) is 30.8 Å². The number of rotatable bonds is 5. The monoisotopic (exact) mass is 267 g/mol. The Balaban J connectivity index is 2.34. The molecule has 20 heavy (non-hydrogen) atoms. The fourth-order valence-corrected chi connectivity index (χ4v) is 2.11. The molecule has 104 valence electrons. The summed E-state index contributed by atoms with van der Waals surface area (Å²) >= 11 is 0. The van der Waals surface area contributed by atoms with E-state index >= 15 is 0 Å². The van der Waals surface area contributed by atoms with Crippen LogP contribution in [0.4, 0.5) is 0 Å². The minimum absolute atomic E-state index is 0.599. The van der Waals surface area contributed by atoms with E-state index < -0.39 is 6.10 Å². The molecule has 0 radical (unpaired) electrons. The highest BCUT2D eigenvalue weighted by Gasteiger charge is 2.14. The topological polar surface area (TPSA) is 23.5 Å². The van der Waals surface area contributed by atoms with Crippen molar-refractivity contribution in [3.8, 4) is 0 Å². The molecular formula is C18H21NO. The molecule has 1 unspecified atom stereocenters. The van der Waals surface area contributed by atoms with Crippen LogP contribution in [0.15, 0.2) is 66.7 Å². The smallest absolute Gasteiger partial charge is 0.104 e. The van der Waals surface area contributed by atoms with E-state index in [2.05, 4.69) is 11.0 Å². The SMILES string of the molecule is CN(C)C/C=C(/c1ccccc1)C(O)c1ccccc1. The highest BCUT2D eigenvalue weighted by Crippen LogP contribution is 2.29. The maximum Gasteiger partial charge on any atom is 0.104 e. The molecule has 0 aliphatic carbocycles. The van der Waals surface area contributed by atoms with Gasteiger partial charge in [-0.15, -0.1) is 0 Å². The highest BCUT2D eigenvalue weighted by atomic mass is 16.3. The van der Waals surface area contributed by atoms with Crippen LogP contribution >= 0.6 is 0 Å². The summed E-state index contributed by atoms with van der Waals surface area (Å²) in [4.78, 5) is 2.08. The maximum atomic E-state index is 10.7. The Morgan fingerprint density at radius 1 is 1.00 bits per heavy atom. The Hall–Kier alpha value is -1.90. The van der Waals surface area contributed by atoms with Gasteiger partial charge in [-0.1, -0.05) is 66.7 Å². The van der Waals surface area contributed by atoms with Crippen molar-refractivity contribution in [2.45, 2.75) is 6.10 Å². The summed E-state index contributed by atoms with van der Waals surface area (Å²) in [5.41, 5.74) is 2.93. The van der Waals surface area contributed by atoms with Crippen molar-refractivity contribution in [1.29, 1.82) is 0 Å². The van der Waals surface area contributed by atoms with Gasteiger partial charge < -0.3 is 10.0 Å². The fraction of sp³-hybridized carbons (Fsp3) is 0.222.